The van der Waals surface area contributed by atoms with Crippen LogP contribution in [0.1, 0.15) is 75.1 Å². The first-order valence-corrected chi connectivity index (χ1v) is 14.2. The second-order valence-electron chi connectivity index (χ2n) is 9.41. The number of methoxy groups -OCH3 is 1. The molecule has 0 spiro atoms. The number of ether oxygens (including phenoxy) is 1. The van der Waals surface area contributed by atoms with Gasteiger partial charge in [-0.05, 0) is 43.5 Å². The van der Waals surface area contributed by atoms with Crippen LogP contribution in [0.5, 0.6) is 5.75 Å². The highest BCUT2D eigenvalue weighted by Gasteiger charge is 2.42. The minimum atomic E-state index is -3.09. The number of nitrogens with one attached hydrogen (secondary N) is 2. The van der Waals surface area contributed by atoms with Crippen molar-refractivity contribution < 1.29 is 23.7 Å². The highest BCUT2D eigenvalue weighted by Crippen LogP contribution is 2.58. The molecule has 35 heavy (non-hydrogen) atoms. The molecule has 0 aliphatic carbocycles. The first-order valence-electron chi connectivity index (χ1n) is 12.5. The molecule has 8 heteroatoms. The molecule has 1 aliphatic heterocycles. The number of fused-ring (bicyclic) bond motifs is 1. The number of benzene rings is 2. The number of aliphatic carboxylic acids is 1. The third-order valence-corrected chi connectivity index (χ3v) is 8.90. The third kappa shape index (κ3) is 6.77. The molecule has 2 atom stereocenters. The molecule has 1 aliphatic rings. The molecule has 0 radical (unpaired) electrons. The summed E-state index contributed by atoms with van der Waals surface area (Å²) < 4.78 is 28.9. The van der Waals surface area contributed by atoms with Gasteiger partial charge in [-0.1, -0.05) is 57.0 Å². The lowest BCUT2D eigenvalue weighted by atomic mass is 9.88. The smallest absolute Gasteiger partial charge is 0.303 e. The van der Waals surface area contributed by atoms with Crippen LogP contribution in [0.2, 0.25) is 0 Å². The van der Waals surface area contributed by atoms with Crippen molar-refractivity contribution >= 4 is 16.6 Å². The lowest BCUT2D eigenvalue weighted by molar-refractivity contribution is -0.137. The summed E-state index contributed by atoms with van der Waals surface area (Å²) in [6.07, 6.45) is 4.32. The Morgan fingerprint density at radius 1 is 1.20 bits per heavy atom. The predicted molar refractivity (Wildman–Crippen MR) is 142 cm³/mol. The number of carbonyl (C=O) groups is 1. The van der Waals surface area contributed by atoms with Crippen molar-refractivity contribution in [3.63, 3.8) is 0 Å². The summed E-state index contributed by atoms with van der Waals surface area (Å²) in [7, 11) is -1.47. The van der Waals surface area contributed by atoms with Gasteiger partial charge in [0.1, 0.15) is 5.75 Å². The van der Waals surface area contributed by atoms with Crippen LogP contribution in [0.3, 0.4) is 0 Å². The van der Waals surface area contributed by atoms with Crippen molar-refractivity contribution in [3.05, 3.63) is 59.2 Å². The summed E-state index contributed by atoms with van der Waals surface area (Å²) in [6.45, 7) is 5.27. The molecule has 0 aromatic heterocycles. The van der Waals surface area contributed by atoms with Gasteiger partial charge in [-0.15, -0.1) is 0 Å². The van der Waals surface area contributed by atoms with Gasteiger partial charge in [-0.2, -0.15) is 10.6 Å². The zero-order valence-electron chi connectivity index (χ0n) is 21.0. The Labute approximate surface area is 210 Å². The van der Waals surface area contributed by atoms with E-state index in [0.717, 1.165) is 42.4 Å². The van der Waals surface area contributed by atoms with Crippen molar-refractivity contribution in [2.75, 3.05) is 19.4 Å². The van der Waals surface area contributed by atoms with E-state index >= 15 is 0 Å². The molecule has 2 aromatic carbocycles. The number of hydrogen-bond acceptors (Lipinski definition) is 6. The van der Waals surface area contributed by atoms with Crippen molar-refractivity contribution in [2.45, 2.75) is 75.4 Å². The van der Waals surface area contributed by atoms with E-state index in [0.29, 0.717) is 30.2 Å². The minimum Gasteiger partial charge on any atom is -0.496 e. The van der Waals surface area contributed by atoms with E-state index in [1.807, 2.05) is 30.3 Å². The average Bonchev–Trinajstić information content (AvgIpc) is 2.94. The van der Waals surface area contributed by atoms with E-state index in [1.165, 1.54) is 0 Å². The molecule has 0 saturated heterocycles. The molecular formula is C27H40N2O5S. The van der Waals surface area contributed by atoms with Crippen molar-refractivity contribution in [1.29, 1.82) is 0 Å². The first-order chi connectivity index (χ1) is 16.7. The molecule has 5 N–H and O–H groups in total. The molecule has 3 rings (SSSR count). The van der Waals surface area contributed by atoms with Gasteiger partial charge in [0, 0.05) is 29.6 Å². The summed E-state index contributed by atoms with van der Waals surface area (Å²) in [5, 5.41) is 16.0. The standard InChI is InChI=1S/C27H40N2O5S/c1-4-6-14-27(5-2)19-35(32,33)24-16-21(18-28-15-10-13-25(30)31)23(34-3)17-22(24)26(29-27)20-11-8-7-9-12-20/h7-9,11-12,16-17,26,28-29,32-33H,4-6,10,13-15,18-19H2,1-3H3,(H,30,31)/t26-,27-/m1/s1. The van der Waals surface area contributed by atoms with Gasteiger partial charge in [0.2, 0.25) is 0 Å². The zero-order chi connectivity index (χ0) is 25.5. The number of carboxylic acids is 1. The minimum absolute atomic E-state index is 0.107. The normalized spacial score (nSPS) is 22.1. The number of rotatable bonds is 12. The fourth-order valence-electron chi connectivity index (χ4n) is 4.88. The highest BCUT2D eigenvalue weighted by molar-refractivity contribution is 8.24. The summed E-state index contributed by atoms with van der Waals surface area (Å²) in [4.78, 5) is 11.3. The highest BCUT2D eigenvalue weighted by atomic mass is 32.3. The Balaban J connectivity index is 2.05. The number of carboxylic acid groups (broad SMARTS) is 1. The predicted octanol–water partition coefficient (Wildman–Crippen LogP) is 5.79. The molecule has 1 heterocycles. The average molecular weight is 505 g/mol. The van der Waals surface area contributed by atoms with Crippen LogP contribution in [0.4, 0.5) is 0 Å². The van der Waals surface area contributed by atoms with Crippen LogP contribution >= 0.6 is 10.6 Å². The maximum Gasteiger partial charge on any atom is 0.303 e. The van der Waals surface area contributed by atoms with Crippen molar-refractivity contribution in [2.24, 2.45) is 0 Å². The van der Waals surface area contributed by atoms with Crippen LogP contribution in [-0.2, 0) is 11.3 Å². The molecule has 7 nitrogen and oxygen atoms in total. The zero-order valence-corrected chi connectivity index (χ0v) is 21.9. The van der Waals surface area contributed by atoms with Gasteiger partial charge >= 0.3 is 5.97 Å². The molecule has 0 unspecified atom stereocenters. The fraction of sp³-hybridized carbons (Fsp3) is 0.519. The summed E-state index contributed by atoms with van der Waals surface area (Å²) in [6, 6.07) is 13.7. The monoisotopic (exact) mass is 504 g/mol. The van der Waals surface area contributed by atoms with E-state index in [1.54, 1.807) is 7.11 Å². The van der Waals surface area contributed by atoms with Gasteiger partial charge < -0.3 is 15.2 Å². The summed E-state index contributed by atoms with van der Waals surface area (Å²) in [5.41, 5.74) is 2.32. The molecular weight excluding hydrogens is 464 g/mol. The van der Waals surface area contributed by atoms with Crippen LogP contribution in [0.25, 0.3) is 0 Å². The van der Waals surface area contributed by atoms with Gasteiger partial charge in [0.25, 0.3) is 0 Å². The van der Waals surface area contributed by atoms with Crippen molar-refractivity contribution in [1.82, 2.24) is 10.6 Å². The Hall–Kier alpha value is -2.10. The molecule has 0 bridgehead atoms. The Morgan fingerprint density at radius 2 is 1.94 bits per heavy atom. The lowest BCUT2D eigenvalue weighted by Gasteiger charge is -2.42. The van der Waals surface area contributed by atoms with Gasteiger partial charge in [0.05, 0.1) is 23.8 Å². The Kier molecular flexibility index (Phi) is 9.61. The fourth-order valence-corrected chi connectivity index (χ4v) is 7.12. The third-order valence-electron chi connectivity index (χ3n) is 6.88. The van der Waals surface area contributed by atoms with Gasteiger partial charge in [0.15, 0.2) is 0 Å². The van der Waals surface area contributed by atoms with E-state index in [2.05, 4.69) is 36.6 Å². The van der Waals surface area contributed by atoms with E-state index in [-0.39, 0.29) is 18.2 Å². The lowest BCUT2D eigenvalue weighted by Crippen LogP contribution is -2.49. The van der Waals surface area contributed by atoms with Crippen LogP contribution < -0.4 is 15.4 Å². The molecule has 2 aromatic rings. The quantitative estimate of drug-likeness (QED) is 0.233. The first kappa shape index (κ1) is 27.5. The maximum absolute atomic E-state index is 11.6. The van der Waals surface area contributed by atoms with Crippen molar-refractivity contribution in [3.8, 4) is 5.75 Å². The molecule has 0 saturated carbocycles. The van der Waals surface area contributed by atoms with Gasteiger partial charge in [-0.25, -0.2) is 0 Å². The molecule has 0 fully saturated rings. The maximum atomic E-state index is 11.6. The molecule has 194 valence electrons. The largest absolute Gasteiger partial charge is 0.496 e. The van der Waals surface area contributed by atoms with Crippen LogP contribution in [0, 0.1) is 0 Å². The summed E-state index contributed by atoms with van der Waals surface area (Å²) in [5.74, 6) is 0.125. The Bertz CT molecular complexity index is 985. The Morgan fingerprint density at radius 3 is 2.57 bits per heavy atom. The number of hydrogen-bond donors (Lipinski definition) is 5. The van der Waals surface area contributed by atoms with E-state index in [4.69, 9.17) is 9.84 Å². The summed E-state index contributed by atoms with van der Waals surface area (Å²) >= 11 is 0. The number of unbranched alkanes of at least 4 members (excludes halogenated alkanes) is 1. The topological polar surface area (TPSA) is 111 Å². The van der Waals surface area contributed by atoms with Crippen LogP contribution in [-0.4, -0.2) is 45.1 Å². The second kappa shape index (κ2) is 12.2. The van der Waals surface area contributed by atoms with Gasteiger partial charge in [-0.3, -0.25) is 19.2 Å². The van der Waals surface area contributed by atoms with E-state index in [9.17, 15) is 13.9 Å². The molecule has 0 amide bonds. The SMILES string of the molecule is CCCC[C@]1(CC)CS(O)(O)c2cc(CNCCCC(=O)O)c(OC)cc2[C@@H](c2ccccc2)N1. The van der Waals surface area contributed by atoms with Crippen LogP contribution in [0.15, 0.2) is 47.4 Å². The second-order valence-corrected chi connectivity index (χ2v) is 11.5. The van der Waals surface area contributed by atoms with E-state index < -0.39 is 22.1 Å².